The van der Waals surface area contributed by atoms with Crippen LogP contribution in [0.25, 0.3) is 0 Å². The molecule has 3 heteroatoms. The van der Waals surface area contributed by atoms with Crippen molar-refractivity contribution >= 4 is 5.97 Å². The first-order valence-electron chi connectivity index (χ1n) is 6.95. The van der Waals surface area contributed by atoms with Crippen LogP contribution in [0.4, 0.5) is 0 Å². The van der Waals surface area contributed by atoms with E-state index in [-0.39, 0.29) is 12.0 Å². The van der Waals surface area contributed by atoms with Crippen LogP contribution in [0.3, 0.4) is 0 Å². The van der Waals surface area contributed by atoms with Crippen molar-refractivity contribution in [2.45, 2.75) is 39.7 Å². The summed E-state index contributed by atoms with van der Waals surface area (Å²) in [5, 5.41) is 8.94. The zero-order valence-electron chi connectivity index (χ0n) is 11.8. The highest BCUT2D eigenvalue weighted by Crippen LogP contribution is 2.45. The normalized spacial score (nSPS) is 23.2. The van der Waals surface area contributed by atoms with Crippen LogP contribution in [0.5, 0.6) is 5.75 Å². The summed E-state index contributed by atoms with van der Waals surface area (Å²) in [6.45, 7) is 6.16. The van der Waals surface area contributed by atoms with Crippen molar-refractivity contribution < 1.29 is 14.6 Å². The SMILES string of the molecule is CC(C)Oc1ccc(CC(C)C2CC2C(=O)O)cc1. The number of carbonyl (C=O) groups is 1. The fraction of sp³-hybridized carbons (Fsp3) is 0.562. The van der Waals surface area contributed by atoms with Crippen molar-refractivity contribution in [1.29, 1.82) is 0 Å². The molecule has 0 spiro atoms. The molecular formula is C16H22O3. The standard InChI is InChI=1S/C16H22O3/c1-10(2)19-13-6-4-12(5-7-13)8-11(3)14-9-15(14)16(17)18/h4-7,10-11,14-15H,8-9H2,1-3H3,(H,17,18). The minimum Gasteiger partial charge on any atom is -0.491 e. The molecule has 1 aliphatic carbocycles. The number of hydrogen-bond donors (Lipinski definition) is 1. The molecule has 104 valence electrons. The second-order valence-corrected chi connectivity index (χ2v) is 5.84. The van der Waals surface area contributed by atoms with Crippen LogP contribution in [0.15, 0.2) is 24.3 Å². The Balaban J connectivity index is 1.88. The van der Waals surface area contributed by atoms with Gasteiger partial charge in [-0.25, -0.2) is 0 Å². The molecule has 0 radical (unpaired) electrons. The highest BCUT2D eigenvalue weighted by atomic mass is 16.5. The second kappa shape index (κ2) is 5.64. The Bertz CT molecular complexity index is 436. The number of ether oxygens (including phenoxy) is 1. The summed E-state index contributed by atoms with van der Waals surface area (Å²) < 4.78 is 5.60. The van der Waals surface area contributed by atoms with Crippen LogP contribution in [0.1, 0.15) is 32.8 Å². The molecule has 1 saturated carbocycles. The van der Waals surface area contributed by atoms with E-state index in [0.717, 1.165) is 18.6 Å². The van der Waals surface area contributed by atoms with E-state index in [2.05, 4.69) is 19.1 Å². The number of carboxylic acid groups (broad SMARTS) is 1. The van der Waals surface area contributed by atoms with Gasteiger partial charge in [-0.05, 0) is 56.2 Å². The lowest BCUT2D eigenvalue weighted by atomic mass is 9.95. The maximum absolute atomic E-state index is 10.9. The smallest absolute Gasteiger partial charge is 0.306 e. The lowest BCUT2D eigenvalue weighted by molar-refractivity contribution is -0.139. The molecule has 0 bridgehead atoms. The summed E-state index contributed by atoms with van der Waals surface area (Å²) in [6.07, 6.45) is 1.97. The molecule has 3 nitrogen and oxygen atoms in total. The molecule has 1 aromatic rings. The maximum Gasteiger partial charge on any atom is 0.306 e. The summed E-state index contributed by atoms with van der Waals surface area (Å²) in [5.74, 6) is 0.916. The van der Waals surface area contributed by atoms with E-state index < -0.39 is 5.97 Å². The molecule has 3 unspecified atom stereocenters. The maximum atomic E-state index is 10.9. The first kappa shape index (κ1) is 13.9. The van der Waals surface area contributed by atoms with Crippen molar-refractivity contribution in [1.82, 2.24) is 0 Å². The highest BCUT2D eigenvalue weighted by Gasteiger charge is 2.45. The first-order chi connectivity index (χ1) is 8.97. The summed E-state index contributed by atoms with van der Waals surface area (Å²) in [6, 6.07) is 8.13. The van der Waals surface area contributed by atoms with Gasteiger partial charge in [-0.1, -0.05) is 19.1 Å². The molecule has 0 aromatic heterocycles. The minimum atomic E-state index is -0.641. The zero-order valence-corrected chi connectivity index (χ0v) is 11.8. The fourth-order valence-corrected chi connectivity index (χ4v) is 2.63. The molecule has 1 aromatic carbocycles. The van der Waals surface area contributed by atoms with Crippen molar-refractivity contribution in [2.24, 2.45) is 17.8 Å². The van der Waals surface area contributed by atoms with Gasteiger partial charge in [0.2, 0.25) is 0 Å². The van der Waals surface area contributed by atoms with E-state index in [9.17, 15) is 4.79 Å². The Morgan fingerprint density at radius 3 is 2.42 bits per heavy atom. The van der Waals surface area contributed by atoms with E-state index in [4.69, 9.17) is 9.84 Å². The van der Waals surface area contributed by atoms with Crippen LogP contribution < -0.4 is 4.74 Å². The Morgan fingerprint density at radius 2 is 1.95 bits per heavy atom. The van der Waals surface area contributed by atoms with Crippen molar-refractivity contribution in [3.8, 4) is 5.75 Å². The Labute approximate surface area is 114 Å². The zero-order chi connectivity index (χ0) is 14.0. The monoisotopic (exact) mass is 262 g/mol. The van der Waals surface area contributed by atoms with Gasteiger partial charge in [-0.2, -0.15) is 0 Å². The van der Waals surface area contributed by atoms with E-state index >= 15 is 0 Å². The molecule has 2 rings (SSSR count). The largest absolute Gasteiger partial charge is 0.491 e. The van der Waals surface area contributed by atoms with Gasteiger partial charge < -0.3 is 9.84 Å². The number of hydrogen-bond acceptors (Lipinski definition) is 2. The van der Waals surface area contributed by atoms with Gasteiger partial charge in [0.15, 0.2) is 0 Å². The summed E-state index contributed by atoms with van der Waals surface area (Å²) >= 11 is 0. The molecule has 1 N–H and O–H groups in total. The Hall–Kier alpha value is -1.51. The summed E-state index contributed by atoms with van der Waals surface area (Å²) in [5.41, 5.74) is 1.25. The van der Waals surface area contributed by atoms with Gasteiger partial charge in [-0.3, -0.25) is 4.79 Å². The molecule has 1 fully saturated rings. The Morgan fingerprint density at radius 1 is 1.32 bits per heavy atom. The molecule has 0 saturated heterocycles. The Kier molecular flexibility index (Phi) is 4.13. The fourth-order valence-electron chi connectivity index (χ4n) is 2.63. The topological polar surface area (TPSA) is 46.5 Å². The predicted octanol–water partition coefficient (Wildman–Crippen LogP) is 3.37. The average Bonchev–Trinajstić information content (AvgIpc) is 3.11. The minimum absolute atomic E-state index is 0.112. The van der Waals surface area contributed by atoms with Crippen LogP contribution in [0.2, 0.25) is 0 Å². The van der Waals surface area contributed by atoms with Crippen LogP contribution in [0, 0.1) is 17.8 Å². The summed E-state index contributed by atoms with van der Waals surface area (Å²) in [7, 11) is 0. The predicted molar refractivity (Wildman–Crippen MR) is 74.3 cm³/mol. The van der Waals surface area contributed by atoms with Crippen LogP contribution >= 0.6 is 0 Å². The lowest BCUT2D eigenvalue weighted by Gasteiger charge is -2.13. The van der Waals surface area contributed by atoms with Crippen LogP contribution in [-0.2, 0) is 11.2 Å². The highest BCUT2D eigenvalue weighted by molar-refractivity contribution is 5.73. The quantitative estimate of drug-likeness (QED) is 0.855. The average molecular weight is 262 g/mol. The molecule has 0 heterocycles. The van der Waals surface area contributed by atoms with Gasteiger partial charge in [0.05, 0.1) is 12.0 Å². The van der Waals surface area contributed by atoms with Crippen molar-refractivity contribution in [2.75, 3.05) is 0 Å². The third-order valence-electron chi connectivity index (χ3n) is 3.74. The lowest BCUT2D eigenvalue weighted by Crippen LogP contribution is -2.08. The van der Waals surface area contributed by atoms with Gasteiger partial charge in [0, 0.05) is 0 Å². The molecule has 1 aliphatic rings. The van der Waals surface area contributed by atoms with E-state index in [1.807, 2.05) is 26.0 Å². The van der Waals surface area contributed by atoms with E-state index in [0.29, 0.717) is 11.8 Å². The second-order valence-electron chi connectivity index (χ2n) is 5.84. The first-order valence-corrected chi connectivity index (χ1v) is 6.95. The van der Waals surface area contributed by atoms with Gasteiger partial charge in [-0.15, -0.1) is 0 Å². The third-order valence-corrected chi connectivity index (χ3v) is 3.74. The van der Waals surface area contributed by atoms with Gasteiger partial charge in [0.25, 0.3) is 0 Å². The summed E-state index contributed by atoms with van der Waals surface area (Å²) in [4.78, 5) is 10.9. The van der Waals surface area contributed by atoms with E-state index in [1.165, 1.54) is 5.56 Å². The van der Waals surface area contributed by atoms with Gasteiger partial charge >= 0.3 is 5.97 Å². The number of carboxylic acids is 1. The molecule has 0 amide bonds. The van der Waals surface area contributed by atoms with Gasteiger partial charge in [0.1, 0.15) is 5.75 Å². The number of rotatable bonds is 6. The molecule has 3 atom stereocenters. The van der Waals surface area contributed by atoms with E-state index in [1.54, 1.807) is 0 Å². The van der Waals surface area contributed by atoms with Crippen molar-refractivity contribution in [3.05, 3.63) is 29.8 Å². The van der Waals surface area contributed by atoms with Crippen molar-refractivity contribution in [3.63, 3.8) is 0 Å². The number of benzene rings is 1. The number of aliphatic carboxylic acids is 1. The third kappa shape index (κ3) is 3.72. The van der Waals surface area contributed by atoms with Crippen LogP contribution in [-0.4, -0.2) is 17.2 Å². The molecular weight excluding hydrogens is 240 g/mol. The molecule has 19 heavy (non-hydrogen) atoms. The molecule has 0 aliphatic heterocycles.